The molecule has 2 bridgehead atoms. The van der Waals surface area contributed by atoms with Gasteiger partial charge in [0.05, 0.1) is 21.3 Å². The Labute approximate surface area is 148 Å². The number of carbonyl (C=O) groups excluding carboxylic acids is 1. The van der Waals surface area contributed by atoms with E-state index in [9.17, 15) is 4.79 Å². The molecule has 0 unspecified atom stereocenters. The molecule has 5 nitrogen and oxygen atoms in total. The van der Waals surface area contributed by atoms with Gasteiger partial charge < -0.3 is 19.1 Å². The molecule has 5 heteroatoms. The molecule has 0 radical (unpaired) electrons. The highest BCUT2D eigenvalue weighted by Crippen LogP contribution is 2.55. The van der Waals surface area contributed by atoms with Crippen molar-refractivity contribution in [3.63, 3.8) is 0 Å². The maximum atomic E-state index is 12.5. The second-order valence-electron chi connectivity index (χ2n) is 7.35. The average Bonchev–Trinajstić information content (AvgIpc) is 2.63. The van der Waals surface area contributed by atoms with Crippen LogP contribution in [0.4, 0.5) is 0 Å². The van der Waals surface area contributed by atoms with Gasteiger partial charge in [-0.1, -0.05) is 0 Å². The first-order valence-corrected chi connectivity index (χ1v) is 8.79. The Hall–Kier alpha value is -2.01. The van der Waals surface area contributed by atoms with E-state index in [2.05, 4.69) is 30.2 Å². The van der Waals surface area contributed by atoms with Gasteiger partial charge in [0.15, 0.2) is 23.0 Å². The molecule has 3 aliphatic rings. The summed E-state index contributed by atoms with van der Waals surface area (Å²) >= 11 is 0. The summed E-state index contributed by atoms with van der Waals surface area (Å²) in [5, 5.41) is 0. The third-order valence-corrected chi connectivity index (χ3v) is 6.40. The fraction of sp³-hybridized carbons (Fsp3) is 0.550. The number of likely N-dealkylation sites (tertiary alicyclic amines) is 1. The molecular weight excluding hydrogens is 318 g/mol. The van der Waals surface area contributed by atoms with Crippen molar-refractivity contribution < 1.29 is 19.0 Å². The van der Waals surface area contributed by atoms with Crippen LogP contribution in [0.2, 0.25) is 0 Å². The van der Waals surface area contributed by atoms with Crippen LogP contribution >= 0.6 is 0 Å². The first-order chi connectivity index (χ1) is 12.0. The Bertz CT molecular complexity index is 756. The molecule has 134 valence electrons. The lowest BCUT2D eigenvalue weighted by Crippen LogP contribution is -2.60. The van der Waals surface area contributed by atoms with Crippen molar-refractivity contribution in [1.82, 2.24) is 4.90 Å². The van der Waals surface area contributed by atoms with Gasteiger partial charge in [-0.2, -0.15) is 0 Å². The van der Waals surface area contributed by atoms with Gasteiger partial charge in [-0.25, -0.2) is 0 Å². The largest absolute Gasteiger partial charge is 0.493 e. The van der Waals surface area contributed by atoms with Crippen LogP contribution in [0.5, 0.6) is 11.5 Å². The van der Waals surface area contributed by atoms with Gasteiger partial charge in [0.25, 0.3) is 0 Å². The lowest BCUT2D eigenvalue weighted by atomic mass is 9.54. The van der Waals surface area contributed by atoms with E-state index in [-0.39, 0.29) is 17.1 Å². The number of likely N-dealkylation sites (N-methyl/N-ethyl adjacent to an activating group) is 1. The Morgan fingerprint density at radius 3 is 2.48 bits per heavy atom. The molecule has 1 aromatic carbocycles. The molecule has 0 N–H and O–H groups in total. The maximum absolute atomic E-state index is 12.5. The number of methoxy groups -OCH3 is 3. The molecule has 1 fully saturated rings. The van der Waals surface area contributed by atoms with E-state index in [1.165, 1.54) is 11.1 Å². The minimum Gasteiger partial charge on any atom is -0.493 e. The van der Waals surface area contributed by atoms with Crippen molar-refractivity contribution in [1.29, 1.82) is 0 Å². The van der Waals surface area contributed by atoms with E-state index in [1.807, 2.05) is 0 Å². The summed E-state index contributed by atoms with van der Waals surface area (Å²) in [5.74, 6) is 2.41. The zero-order valence-electron chi connectivity index (χ0n) is 15.3. The van der Waals surface area contributed by atoms with Gasteiger partial charge in [-0.3, -0.25) is 4.79 Å². The van der Waals surface area contributed by atoms with Crippen LogP contribution in [-0.4, -0.2) is 51.6 Å². The predicted molar refractivity (Wildman–Crippen MR) is 94.2 cm³/mol. The molecular formula is C20H25NO4. The SMILES string of the molecule is COC1=C[C@@]23CCN(C)[C@@H](Cc4cc(OC)c(OC)cc42)[C@@H]3CC1=O. The number of nitrogens with zero attached hydrogens (tertiary/aromatic N) is 1. The summed E-state index contributed by atoms with van der Waals surface area (Å²) in [6, 6.07) is 4.58. The number of ether oxygens (including phenoxy) is 3. The van der Waals surface area contributed by atoms with E-state index < -0.39 is 0 Å². The number of hydrogen-bond donors (Lipinski definition) is 0. The summed E-state index contributed by atoms with van der Waals surface area (Å²) < 4.78 is 16.5. The molecule has 0 spiro atoms. The van der Waals surface area contributed by atoms with Crippen molar-refractivity contribution in [2.24, 2.45) is 5.92 Å². The number of fused-ring (bicyclic) bond motifs is 1. The quantitative estimate of drug-likeness (QED) is 0.843. The number of allylic oxidation sites excluding steroid dienone is 2. The van der Waals surface area contributed by atoms with Crippen molar-refractivity contribution in [3.05, 3.63) is 35.1 Å². The Morgan fingerprint density at radius 2 is 1.80 bits per heavy atom. The molecule has 3 atom stereocenters. The van der Waals surface area contributed by atoms with Crippen LogP contribution in [0, 0.1) is 5.92 Å². The van der Waals surface area contributed by atoms with Crippen molar-refractivity contribution in [2.75, 3.05) is 34.9 Å². The van der Waals surface area contributed by atoms with Crippen LogP contribution in [-0.2, 0) is 21.4 Å². The van der Waals surface area contributed by atoms with Gasteiger partial charge in [-0.15, -0.1) is 0 Å². The van der Waals surface area contributed by atoms with Crippen molar-refractivity contribution in [2.45, 2.75) is 30.7 Å². The third-order valence-electron chi connectivity index (χ3n) is 6.40. The Morgan fingerprint density at radius 1 is 1.08 bits per heavy atom. The van der Waals surface area contributed by atoms with Gasteiger partial charge in [0, 0.05) is 17.9 Å². The van der Waals surface area contributed by atoms with Crippen LogP contribution in [0.15, 0.2) is 24.0 Å². The fourth-order valence-corrected chi connectivity index (χ4v) is 5.11. The number of hydrogen-bond acceptors (Lipinski definition) is 5. The number of ketones is 1. The summed E-state index contributed by atoms with van der Waals surface area (Å²) in [5.41, 5.74) is 2.39. The van der Waals surface area contributed by atoms with Crippen LogP contribution in [0.25, 0.3) is 0 Å². The lowest BCUT2D eigenvalue weighted by molar-refractivity contribution is -0.122. The van der Waals surface area contributed by atoms with E-state index in [4.69, 9.17) is 14.2 Å². The monoisotopic (exact) mass is 343 g/mol. The highest BCUT2D eigenvalue weighted by molar-refractivity contribution is 5.95. The second kappa shape index (κ2) is 5.77. The van der Waals surface area contributed by atoms with E-state index in [1.54, 1.807) is 21.3 Å². The summed E-state index contributed by atoms with van der Waals surface area (Å²) in [4.78, 5) is 14.9. The van der Waals surface area contributed by atoms with Crippen LogP contribution in [0.1, 0.15) is 24.0 Å². The average molecular weight is 343 g/mol. The number of Topliss-reactive ketones (excluding diaryl/α,β-unsaturated/α-hetero) is 1. The molecule has 0 amide bonds. The van der Waals surface area contributed by atoms with Gasteiger partial charge in [-0.05, 0) is 61.7 Å². The first kappa shape index (κ1) is 16.5. The third kappa shape index (κ3) is 2.21. The molecule has 2 aliphatic carbocycles. The normalized spacial score (nSPS) is 30.9. The molecule has 25 heavy (non-hydrogen) atoms. The highest BCUT2D eigenvalue weighted by Gasteiger charge is 2.55. The zero-order chi connectivity index (χ0) is 17.8. The fourth-order valence-electron chi connectivity index (χ4n) is 5.11. The number of carbonyl (C=O) groups is 1. The highest BCUT2D eigenvalue weighted by atomic mass is 16.5. The molecule has 1 heterocycles. The summed E-state index contributed by atoms with van der Waals surface area (Å²) in [6.07, 6.45) is 4.55. The second-order valence-corrected chi connectivity index (χ2v) is 7.35. The Balaban J connectivity index is 1.96. The summed E-state index contributed by atoms with van der Waals surface area (Å²) in [6.45, 7) is 1.01. The van der Waals surface area contributed by atoms with Crippen LogP contribution in [0.3, 0.4) is 0 Å². The molecule has 1 aromatic rings. The van der Waals surface area contributed by atoms with Crippen LogP contribution < -0.4 is 9.47 Å². The van der Waals surface area contributed by atoms with E-state index in [0.717, 1.165) is 30.9 Å². The van der Waals surface area contributed by atoms with Crippen molar-refractivity contribution in [3.8, 4) is 11.5 Å². The smallest absolute Gasteiger partial charge is 0.197 e. The Kier molecular flexibility index (Phi) is 3.80. The van der Waals surface area contributed by atoms with Crippen molar-refractivity contribution >= 4 is 5.78 Å². The minimum absolute atomic E-state index is 0.118. The molecule has 0 aromatic heterocycles. The standard InChI is InChI=1S/C20H25NO4/c1-21-6-5-20-11-19(25-4)16(22)9-14(20)15(21)7-12-8-17(23-2)18(24-3)10-13(12)20/h8,10-11,14-15H,5-7,9H2,1-4H3/t14-,15-,20-/m0/s1. The molecule has 0 saturated carbocycles. The molecule has 1 saturated heterocycles. The maximum Gasteiger partial charge on any atom is 0.197 e. The zero-order valence-corrected chi connectivity index (χ0v) is 15.3. The van der Waals surface area contributed by atoms with E-state index >= 15 is 0 Å². The molecule has 4 rings (SSSR count). The lowest BCUT2D eigenvalue weighted by Gasteiger charge is -2.56. The van der Waals surface area contributed by atoms with E-state index in [0.29, 0.717) is 18.2 Å². The van der Waals surface area contributed by atoms with Gasteiger partial charge >= 0.3 is 0 Å². The number of rotatable bonds is 3. The predicted octanol–water partition coefficient (Wildman–Crippen LogP) is 2.32. The van der Waals surface area contributed by atoms with Gasteiger partial charge in [0.1, 0.15) is 0 Å². The number of benzene rings is 1. The summed E-state index contributed by atoms with van der Waals surface area (Å²) in [7, 11) is 7.09. The minimum atomic E-state index is -0.163. The number of piperidine rings is 1. The topological polar surface area (TPSA) is 48.0 Å². The first-order valence-electron chi connectivity index (χ1n) is 8.79. The molecule has 1 aliphatic heterocycles. The van der Waals surface area contributed by atoms with Gasteiger partial charge in [0.2, 0.25) is 0 Å².